The number of thioether (sulfide) groups is 1. The Hall–Kier alpha value is -1.37. The van der Waals surface area contributed by atoms with E-state index in [0.717, 1.165) is 4.90 Å². The van der Waals surface area contributed by atoms with E-state index in [1.165, 1.54) is 11.8 Å². The average Bonchev–Trinajstić information content (AvgIpc) is 2.20. The first-order valence-electron chi connectivity index (χ1n) is 4.86. The summed E-state index contributed by atoms with van der Waals surface area (Å²) in [5.74, 6) is -1.18. The molecule has 16 heavy (non-hydrogen) atoms. The summed E-state index contributed by atoms with van der Waals surface area (Å²) in [6.45, 7) is 0. The Morgan fingerprint density at radius 1 is 1.12 bits per heavy atom. The number of nitrogens with one attached hydrogen (secondary N) is 1. The van der Waals surface area contributed by atoms with Crippen LogP contribution < -0.4 is 5.32 Å². The molecule has 1 N–H and O–H groups in total. The summed E-state index contributed by atoms with van der Waals surface area (Å²) in [6.07, 6.45) is 0.396. The number of piperidine rings is 1. The van der Waals surface area contributed by atoms with Crippen LogP contribution in [0.5, 0.6) is 0 Å². The van der Waals surface area contributed by atoms with Crippen LogP contribution in [0.3, 0.4) is 0 Å². The highest BCUT2D eigenvalue weighted by atomic mass is 32.2. The van der Waals surface area contributed by atoms with E-state index in [0.29, 0.717) is 0 Å². The first-order chi connectivity index (χ1) is 7.59. The molecule has 1 unspecified atom stereocenters. The summed E-state index contributed by atoms with van der Waals surface area (Å²) in [6, 6.07) is -0.807. The topological polar surface area (TPSA) is 83.6 Å². The molecule has 2 rings (SSSR count). The second kappa shape index (κ2) is 4.25. The van der Waals surface area contributed by atoms with Gasteiger partial charge in [0.15, 0.2) is 0 Å². The maximum absolute atomic E-state index is 11.6. The predicted octanol–water partition coefficient (Wildman–Crippen LogP) is -1.11. The summed E-state index contributed by atoms with van der Waals surface area (Å²) >= 11 is 1.24. The standard InChI is InChI=1S/C9H10N2O4S/c12-6-2-1-5(9(15)10-6)11-7(13)3-16-4-8(11)14/h5H,1-4H2,(H,10,12,15). The summed E-state index contributed by atoms with van der Waals surface area (Å²) in [4.78, 5) is 46.5. The quantitative estimate of drug-likeness (QED) is 0.590. The molecule has 2 heterocycles. The lowest BCUT2D eigenvalue weighted by molar-refractivity contribution is -0.153. The fourth-order valence-corrected chi connectivity index (χ4v) is 2.51. The molecule has 0 bridgehead atoms. The number of hydrogen-bond acceptors (Lipinski definition) is 5. The van der Waals surface area contributed by atoms with Crippen LogP contribution in [0.1, 0.15) is 12.8 Å². The predicted molar refractivity (Wildman–Crippen MR) is 55.3 cm³/mol. The maximum Gasteiger partial charge on any atom is 0.249 e. The molecule has 4 amide bonds. The minimum absolute atomic E-state index is 0.167. The van der Waals surface area contributed by atoms with Crippen LogP contribution in [0.4, 0.5) is 0 Å². The van der Waals surface area contributed by atoms with E-state index < -0.39 is 11.9 Å². The Morgan fingerprint density at radius 2 is 1.75 bits per heavy atom. The largest absolute Gasteiger partial charge is 0.295 e. The molecular formula is C9H10N2O4S. The molecular weight excluding hydrogens is 232 g/mol. The van der Waals surface area contributed by atoms with Crippen molar-refractivity contribution in [3.8, 4) is 0 Å². The van der Waals surface area contributed by atoms with Crippen LogP contribution in [-0.2, 0) is 19.2 Å². The number of nitrogens with zero attached hydrogens (tertiary/aromatic N) is 1. The lowest BCUT2D eigenvalue weighted by Gasteiger charge is -2.33. The Kier molecular flexibility index (Phi) is 2.95. The molecule has 0 aliphatic carbocycles. The molecule has 6 nitrogen and oxygen atoms in total. The molecule has 2 fully saturated rings. The van der Waals surface area contributed by atoms with Crippen molar-refractivity contribution in [2.75, 3.05) is 11.5 Å². The molecule has 86 valence electrons. The Labute approximate surface area is 95.7 Å². The number of rotatable bonds is 1. The van der Waals surface area contributed by atoms with Gasteiger partial charge in [0.2, 0.25) is 23.6 Å². The molecule has 2 aliphatic rings. The van der Waals surface area contributed by atoms with Crippen LogP contribution in [0.2, 0.25) is 0 Å². The molecule has 0 aromatic rings. The van der Waals surface area contributed by atoms with E-state index in [-0.39, 0.29) is 42.1 Å². The highest BCUT2D eigenvalue weighted by molar-refractivity contribution is 8.00. The van der Waals surface area contributed by atoms with E-state index in [2.05, 4.69) is 5.32 Å². The van der Waals surface area contributed by atoms with Gasteiger partial charge in [-0.2, -0.15) is 0 Å². The minimum atomic E-state index is -0.807. The monoisotopic (exact) mass is 242 g/mol. The van der Waals surface area contributed by atoms with Crippen LogP contribution in [0, 0.1) is 0 Å². The Morgan fingerprint density at radius 3 is 2.31 bits per heavy atom. The Balaban J connectivity index is 2.16. The van der Waals surface area contributed by atoms with Crippen molar-refractivity contribution in [3.63, 3.8) is 0 Å². The molecule has 2 aliphatic heterocycles. The third kappa shape index (κ3) is 1.95. The number of carbonyl (C=O) groups is 4. The number of imide groups is 2. The molecule has 0 spiro atoms. The summed E-state index contributed by atoms with van der Waals surface area (Å²) in [5, 5.41) is 2.14. The third-order valence-corrected chi connectivity index (χ3v) is 3.41. The highest BCUT2D eigenvalue weighted by Gasteiger charge is 2.39. The number of amides is 4. The van der Waals surface area contributed by atoms with Crippen molar-refractivity contribution in [2.45, 2.75) is 18.9 Å². The fourth-order valence-electron chi connectivity index (χ4n) is 1.78. The maximum atomic E-state index is 11.6. The summed E-state index contributed by atoms with van der Waals surface area (Å²) < 4.78 is 0. The first kappa shape index (κ1) is 11.1. The second-order valence-electron chi connectivity index (χ2n) is 3.62. The van der Waals surface area contributed by atoms with E-state index in [4.69, 9.17) is 0 Å². The van der Waals surface area contributed by atoms with Crippen LogP contribution in [-0.4, -0.2) is 46.1 Å². The molecule has 0 saturated carbocycles. The van der Waals surface area contributed by atoms with Crippen molar-refractivity contribution in [1.29, 1.82) is 0 Å². The van der Waals surface area contributed by atoms with Crippen LogP contribution in [0.15, 0.2) is 0 Å². The summed E-state index contributed by atoms with van der Waals surface area (Å²) in [5.41, 5.74) is 0. The lowest BCUT2D eigenvalue weighted by Crippen LogP contribution is -2.58. The van der Waals surface area contributed by atoms with Gasteiger partial charge >= 0.3 is 0 Å². The van der Waals surface area contributed by atoms with Crippen LogP contribution in [0.25, 0.3) is 0 Å². The van der Waals surface area contributed by atoms with Gasteiger partial charge in [0, 0.05) is 6.42 Å². The normalized spacial score (nSPS) is 27.0. The molecule has 1 atom stereocenters. The molecule has 0 aromatic carbocycles. The minimum Gasteiger partial charge on any atom is -0.295 e. The molecule has 0 aromatic heterocycles. The zero-order chi connectivity index (χ0) is 11.7. The molecule has 7 heteroatoms. The van der Waals surface area contributed by atoms with Crippen molar-refractivity contribution >= 4 is 35.4 Å². The SMILES string of the molecule is O=C1CCC(N2C(=O)CSCC2=O)C(=O)N1. The molecule has 0 radical (unpaired) electrons. The van der Waals surface area contributed by atoms with E-state index in [1.54, 1.807) is 0 Å². The van der Waals surface area contributed by atoms with Crippen molar-refractivity contribution < 1.29 is 19.2 Å². The van der Waals surface area contributed by atoms with Gasteiger partial charge in [-0.3, -0.25) is 29.4 Å². The number of carbonyl (C=O) groups excluding carboxylic acids is 4. The fraction of sp³-hybridized carbons (Fsp3) is 0.556. The number of hydrogen-bond donors (Lipinski definition) is 1. The van der Waals surface area contributed by atoms with Crippen molar-refractivity contribution in [3.05, 3.63) is 0 Å². The average molecular weight is 242 g/mol. The Bertz CT molecular complexity index is 366. The van der Waals surface area contributed by atoms with Gasteiger partial charge in [-0.15, -0.1) is 11.8 Å². The zero-order valence-electron chi connectivity index (χ0n) is 8.39. The smallest absolute Gasteiger partial charge is 0.249 e. The first-order valence-corrected chi connectivity index (χ1v) is 6.01. The van der Waals surface area contributed by atoms with Crippen molar-refractivity contribution in [1.82, 2.24) is 10.2 Å². The van der Waals surface area contributed by atoms with Gasteiger partial charge in [0.25, 0.3) is 0 Å². The lowest BCUT2D eigenvalue weighted by atomic mass is 10.0. The zero-order valence-corrected chi connectivity index (χ0v) is 9.21. The summed E-state index contributed by atoms with van der Waals surface area (Å²) in [7, 11) is 0. The third-order valence-electron chi connectivity index (χ3n) is 2.51. The van der Waals surface area contributed by atoms with E-state index >= 15 is 0 Å². The van der Waals surface area contributed by atoms with Gasteiger partial charge in [0.05, 0.1) is 11.5 Å². The van der Waals surface area contributed by atoms with Crippen LogP contribution >= 0.6 is 11.8 Å². The van der Waals surface area contributed by atoms with E-state index in [9.17, 15) is 19.2 Å². The molecule has 2 saturated heterocycles. The highest BCUT2D eigenvalue weighted by Crippen LogP contribution is 2.19. The van der Waals surface area contributed by atoms with Crippen molar-refractivity contribution in [2.24, 2.45) is 0 Å². The van der Waals surface area contributed by atoms with Gasteiger partial charge in [-0.05, 0) is 6.42 Å². The van der Waals surface area contributed by atoms with Gasteiger partial charge in [-0.1, -0.05) is 0 Å². The van der Waals surface area contributed by atoms with Gasteiger partial charge < -0.3 is 0 Å². The van der Waals surface area contributed by atoms with E-state index in [1.807, 2.05) is 0 Å². The van der Waals surface area contributed by atoms with Gasteiger partial charge in [0.1, 0.15) is 6.04 Å². The van der Waals surface area contributed by atoms with Gasteiger partial charge in [-0.25, -0.2) is 0 Å². The second-order valence-corrected chi connectivity index (χ2v) is 4.60.